The van der Waals surface area contributed by atoms with E-state index in [1.165, 1.54) is 17.5 Å². The molecule has 154 valence electrons. The lowest BCUT2D eigenvalue weighted by molar-refractivity contribution is -0.235. The standard InChI is InChI=1S/C18H16F5N5O/c1-16(2,18(21,22)23)29-15-11(19)6-9(8-24-15)12-4-5-13-25-26-14(28(13)27-12)10-7-17(10,3)20/h4-6,8,10H,7H2,1-3H3/t10-,17?/m0/s1. The van der Waals surface area contributed by atoms with Crippen molar-refractivity contribution < 1.29 is 26.7 Å². The predicted octanol–water partition coefficient (Wildman–Crippen LogP) is 4.26. The molecule has 4 rings (SSSR count). The van der Waals surface area contributed by atoms with Gasteiger partial charge in [0.1, 0.15) is 5.67 Å². The van der Waals surface area contributed by atoms with Crippen LogP contribution < -0.4 is 4.74 Å². The summed E-state index contributed by atoms with van der Waals surface area (Å²) < 4.78 is 73.3. The van der Waals surface area contributed by atoms with Gasteiger partial charge >= 0.3 is 6.18 Å². The average Bonchev–Trinajstić information content (AvgIpc) is 3.06. The van der Waals surface area contributed by atoms with Crippen molar-refractivity contribution in [3.8, 4) is 17.1 Å². The Labute approximate surface area is 161 Å². The van der Waals surface area contributed by atoms with Crippen LogP contribution >= 0.6 is 0 Å². The zero-order chi connectivity index (χ0) is 21.2. The topological polar surface area (TPSA) is 65.2 Å². The van der Waals surface area contributed by atoms with Crippen molar-refractivity contribution in [3.63, 3.8) is 0 Å². The molecule has 2 atom stereocenters. The van der Waals surface area contributed by atoms with Crippen LogP contribution in [0, 0.1) is 5.82 Å². The predicted molar refractivity (Wildman–Crippen MR) is 91.6 cm³/mol. The number of pyridine rings is 1. The second-order valence-corrected chi connectivity index (χ2v) is 7.70. The Balaban J connectivity index is 1.66. The molecule has 0 amide bonds. The number of alkyl halides is 4. The highest BCUT2D eigenvalue weighted by molar-refractivity contribution is 5.60. The van der Waals surface area contributed by atoms with E-state index < -0.39 is 35.1 Å². The van der Waals surface area contributed by atoms with Crippen LogP contribution in [-0.2, 0) is 0 Å². The summed E-state index contributed by atoms with van der Waals surface area (Å²) in [5.41, 5.74) is -3.11. The third-order valence-corrected chi connectivity index (χ3v) is 4.91. The van der Waals surface area contributed by atoms with Crippen molar-refractivity contribution in [1.82, 2.24) is 24.8 Å². The minimum absolute atomic E-state index is 0.208. The van der Waals surface area contributed by atoms with Crippen molar-refractivity contribution in [2.45, 2.75) is 50.6 Å². The fourth-order valence-electron chi connectivity index (χ4n) is 2.82. The van der Waals surface area contributed by atoms with Crippen LogP contribution in [0.2, 0.25) is 0 Å². The first kappa shape index (κ1) is 19.5. The molecule has 3 aromatic rings. The van der Waals surface area contributed by atoms with E-state index in [-0.39, 0.29) is 11.3 Å². The highest BCUT2D eigenvalue weighted by Crippen LogP contribution is 2.53. The number of hydrogen-bond donors (Lipinski definition) is 0. The quantitative estimate of drug-likeness (QED) is 0.598. The number of rotatable bonds is 4. The lowest BCUT2D eigenvalue weighted by atomic mass is 10.1. The highest BCUT2D eigenvalue weighted by Gasteiger charge is 2.55. The van der Waals surface area contributed by atoms with Gasteiger partial charge < -0.3 is 4.74 Å². The number of hydrogen-bond acceptors (Lipinski definition) is 5. The molecule has 0 saturated heterocycles. The molecule has 1 aliphatic carbocycles. The summed E-state index contributed by atoms with van der Waals surface area (Å²) in [6.07, 6.45) is -3.25. The van der Waals surface area contributed by atoms with Gasteiger partial charge in [0.05, 0.1) is 11.6 Å². The molecule has 1 saturated carbocycles. The first-order valence-corrected chi connectivity index (χ1v) is 8.72. The van der Waals surface area contributed by atoms with E-state index in [4.69, 9.17) is 4.74 Å². The second kappa shape index (κ2) is 6.07. The summed E-state index contributed by atoms with van der Waals surface area (Å²) in [5.74, 6) is -1.92. The smallest absolute Gasteiger partial charge is 0.427 e. The summed E-state index contributed by atoms with van der Waals surface area (Å²) >= 11 is 0. The molecule has 11 heteroatoms. The molecule has 0 N–H and O–H groups in total. The lowest BCUT2D eigenvalue weighted by Gasteiger charge is -2.28. The number of halogens is 5. The number of ether oxygens (including phenoxy) is 1. The summed E-state index contributed by atoms with van der Waals surface area (Å²) in [6.45, 7) is 3.02. The zero-order valence-electron chi connectivity index (χ0n) is 15.6. The van der Waals surface area contributed by atoms with Gasteiger partial charge in [-0.05, 0) is 45.4 Å². The van der Waals surface area contributed by atoms with Gasteiger partial charge in [-0.25, -0.2) is 13.8 Å². The number of aromatic nitrogens is 5. The zero-order valence-corrected chi connectivity index (χ0v) is 15.6. The van der Waals surface area contributed by atoms with Gasteiger partial charge in [-0.15, -0.1) is 10.2 Å². The Morgan fingerprint density at radius 3 is 2.48 bits per heavy atom. The minimum atomic E-state index is -4.70. The molecule has 6 nitrogen and oxygen atoms in total. The molecule has 0 bridgehead atoms. The van der Waals surface area contributed by atoms with Gasteiger partial charge in [-0.2, -0.15) is 22.8 Å². The maximum absolute atomic E-state index is 14.4. The highest BCUT2D eigenvalue weighted by atomic mass is 19.4. The second-order valence-electron chi connectivity index (χ2n) is 7.70. The number of fused-ring (bicyclic) bond motifs is 1. The largest absolute Gasteiger partial charge is 0.460 e. The van der Waals surface area contributed by atoms with Crippen molar-refractivity contribution in [2.24, 2.45) is 0 Å². The van der Waals surface area contributed by atoms with Crippen LogP contribution in [0.3, 0.4) is 0 Å². The maximum atomic E-state index is 14.4. The Bertz CT molecular complexity index is 1090. The molecule has 0 radical (unpaired) electrons. The van der Waals surface area contributed by atoms with Gasteiger partial charge in [-0.1, -0.05) is 0 Å². The van der Waals surface area contributed by atoms with Crippen molar-refractivity contribution >= 4 is 5.65 Å². The molecular weight excluding hydrogens is 397 g/mol. The summed E-state index contributed by atoms with van der Waals surface area (Å²) in [4.78, 5) is 3.68. The molecule has 0 aromatic carbocycles. The van der Waals surface area contributed by atoms with Crippen LogP contribution in [0.15, 0.2) is 24.4 Å². The Morgan fingerprint density at radius 2 is 1.90 bits per heavy atom. The normalized spacial score (nSPS) is 22.1. The van der Waals surface area contributed by atoms with Crippen LogP contribution in [0.25, 0.3) is 16.9 Å². The number of nitrogens with zero attached hydrogens (tertiary/aromatic N) is 5. The fourth-order valence-corrected chi connectivity index (χ4v) is 2.82. The van der Waals surface area contributed by atoms with Crippen LogP contribution in [-0.4, -0.2) is 42.2 Å². The lowest BCUT2D eigenvalue weighted by Crippen LogP contribution is -2.45. The molecule has 29 heavy (non-hydrogen) atoms. The van der Waals surface area contributed by atoms with Crippen LogP contribution in [0.5, 0.6) is 5.88 Å². The van der Waals surface area contributed by atoms with Crippen molar-refractivity contribution in [1.29, 1.82) is 0 Å². The van der Waals surface area contributed by atoms with E-state index in [2.05, 4.69) is 20.3 Å². The maximum Gasteiger partial charge on any atom is 0.427 e. The Morgan fingerprint density at radius 1 is 1.21 bits per heavy atom. The van der Waals surface area contributed by atoms with Crippen molar-refractivity contribution in [2.75, 3.05) is 0 Å². The van der Waals surface area contributed by atoms with E-state index >= 15 is 0 Å². The van der Waals surface area contributed by atoms with E-state index in [0.29, 0.717) is 17.9 Å². The van der Waals surface area contributed by atoms with Crippen LogP contribution in [0.4, 0.5) is 22.0 Å². The van der Waals surface area contributed by atoms with Gasteiger partial charge in [0, 0.05) is 11.8 Å². The molecule has 1 aliphatic rings. The van der Waals surface area contributed by atoms with E-state index in [0.717, 1.165) is 26.1 Å². The summed E-state index contributed by atoms with van der Waals surface area (Å²) in [6, 6.07) is 4.08. The SMILES string of the molecule is CC1(F)C[C@H]1c1nnc2ccc(-c3cnc(OC(C)(C)C(F)(F)F)c(F)c3)nn12. The summed E-state index contributed by atoms with van der Waals surface area (Å²) in [7, 11) is 0. The summed E-state index contributed by atoms with van der Waals surface area (Å²) in [5, 5.41) is 12.2. The minimum Gasteiger partial charge on any atom is -0.460 e. The molecule has 0 spiro atoms. The van der Waals surface area contributed by atoms with Gasteiger partial charge in [0.2, 0.25) is 0 Å². The third-order valence-electron chi connectivity index (χ3n) is 4.91. The van der Waals surface area contributed by atoms with Crippen molar-refractivity contribution in [3.05, 3.63) is 36.0 Å². The molecular formula is C18H16F5N5O. The Kier molecular flexibility index (Phi) is 4.08. The molecule has 1 unspecified atom stereocenters. The molecule has 1 fully saturated rings. The average molecular weight is 413 g/mol. The van der Waals surface area contributed by atoms with E-state index in [9.17, 15) is 22.0 Å². The van der Waals surface area contributed by atoms with Gasteiger partial charge in [0.15, 0.2) is 22.9 Å². The van der Waals surface area contributed by atoms with Gasteiger partial charge in [0.25, 0.3) is 5.88 Å². The first-order valence-electron chi connectivity index (χ1n) is 8.72. The van der Waals surface area contributed by atoms with E-state index in [1.807, 2.05) is 0 Å². The first-order chi connectivity index (χ1) is 13.4. The molecule has 3 heterocycles. The monoisotopic (exact) mass is 413 g/mol. The Hall–Kier alpha value is -2.85. The fraction of sp³-hybridized carbons (Fsp3) is 0.444. The van der Waals surface area contributed by atoms with Gasteiger partial charge in [-0.3, -0.25) is 0 Å². The molecule has 3 aromatic heterocycles. The molecule has 0 aliphatic heterocycles. The van der Waals surface area contributed by atoms with E-state index in [1.54, 1.807) is 6.07 Å². The third kappa shape index (κ3) is 3.38. The van der Waals surface area contributed by atoms with Crippen LogP contribution in [0.1, 0.15) is 38.9 Å².